The summed E-state index contributed by atoms with van der Waals surface area (Å²) >= 11 is 0. The van der Waals surface area contributed by atoms with E-state index in [0.717, 1.165) is 0 Å². The van der Waals surface area contributed by atoms with Crippen molar-refractivity contribution in [3.8, 4) is 5.75 Å². The van der Waals surface area contributed by atoms with Gasteiger partial charge in [0.1, 0.15) is 6.04 Å². The molecule has 14 heavy (non-hydrogen) atoms. The fourth-order valence-corrected chi connectivity index (χ4v) is 1.06. The lowest BCUT2D eigenvalue weighted by molar-refractivity contribution is -0.120. The number of nitrogens with zero attached hydrogens (tertiary/aromatic N) is 2. The molecule has 0 saturated carbocycles. The molecular weight excluding hydrogens is 184 g/mol. The number of nitrogens with two attached hydrogens (primary N) is 1. The van der Waals surface area contributed by atoms with Crippen molar-refractivity contribution in [2.45, 2.75) is 12.6 Å². The highest BCUT2D eigenvalue weighted by atomic mass is 16.5. The molecule has 0 radical (unpaired) electrons. The third-order valence-electron chi connectivity index (χ3n) is 1.91. The predicted octanol–water partition coefficient (Wildman–Crippen LogP) is -1.03. The molecule has 1 atom stereocenters. The van der Waals surface area contributed by atoms with E-state index in [1.54, 1.807) is 31.2 Å². The molecule has 1 heterocycles. The second kappa shape index (κ2) is 4.61. The van der Waals surface area contributed by atoms with Crippen molar-refractivity contribution in [2.24, 2.45) is 5.73 Å². The normalized spacial score (nSPS) is 12.4. The van der Waals surface area contributed by atoms with Crippen LogP contribution in [0.2, 0.25) is 0 Å². The third-order valence-corrected chi connectivity index (χ3v) is 1.91. The minimum atomic E-state index is -0.417. The number of likely N-dealkylation sites (N-methyl/N-ethyl adjacent to an activating group) is 1. The number of nitrogens with one attached hydrogen (secondary N) is 1. The van der Waals surface area contributed by atoms with Crippen LogP contribution in [-0.4, -0.2) is 35.9 Å². The Balaban J connectivity index is 2.62. The van der Waals surface area contributed by atoms with Gasteiger partial charge < -0.3 is 15.8 Å². The minimum absolute atomic E-state index is 0.398. The monoisotopic (exact) mass is 198 g/mol. The Kier molecular flexibility index (Phi) is 3.47. The maximum absolute atomic E-state index is 10.9. The van der Waals surface area contributed by atoms with Crippen molar-refractivity contribution < 1.29 is 9.53 Å². The number of ether oxygens (including phenoxy) is 1. The van der Waals surface area contributed by atoms with Gasteiger partial charge in [0.05, 0.1) is 26.0 Å². The number of hydrogen-bond acceptors (Lipinski definition) is 4. The van der Waals surface area contributed by atoms with E-state index in [9.17, 15) is 4.79 Å². The molecule has 0 saturated heterocycles. The van der Waals surface area contributed by atoms with E-state index >= 15 is 0 Å². The first-order chi connectivity index (χ1) is 6.67. The zero-order chi connectivity index (χ0) is 10.6. The first-order valence-corrected chi connectivity index (χ1v) is 4.20. The van der Waals surface area contributed by atoms with Crippen molar-refractivity contribution >= 4 is 5.91 Å². The molecule has 3 N–H and O–H groups in total. The Labute approximate surface area is 82.0 Å². The van der Waals surface area contributed by atoms with E-state index in [1.807, 2.05) is 0 Å². The topological polar surface area (TPSA) is 82.2 Å². The first kappa shape index (κ1) is 10.5. The Bertz CT molecular complexity index is 310. The molecule has 0 aliphatic rings. The summed E-state index contributed by atoms with van der Waals surface area (Å²) in [4.78, 5) is 10.9. The van der Waals surface area contributed by atoms with Gasteiger partial charge in [-0.2, -0.15) is 5.10 Å². The molecule has 0 spiro atoms. The van der Waals surface area contributed by atoms with Crippen LogP contribution in [0.3, 0.4) is 0 Å². The number of rotatable bonds is 5. The fraction of sp³-hybridized carbons (Fsp3) is 0.500. The summed E-state index contributed by atoms with van der Waals surface area (Å²) in [6.45, 7) is 0.398. The fourth-order valence-electron chi connectivity index (χ4n) is 1.06. The summed E-state index contributed by atoms with van der Waals surface area (Å²) in [7, 11) is 3.24. The van der Waals surface area contributed by atoms with Crippen molar-refractivity contribution in [3.05, 3.63) is 12.4 Å². The molecule has 6 nitrogen and oxygen atoms in total. The minimum Gasteiger partial charge on any atom is -0.493 e. The largest absolute Gasteiger partial charge is 0.493 e. The van der Waals surface area contributed by atoms with Crippen LogP contribution in [0.15, 0.2) is 12.4 Å². The number of primary amides is 1. The molecule has 6 heteroatoms. The van der Waals surface area contributed by atoms with Gasteiger partial charge in [-0.3, -0.25) is 9.48 Å². The van der Waals surface area contributed by atoms with Gasteiger partial charge in [-0.1, -0.05) is 0 Å². The molecule has 1 aromatic rings. The molecule has 0 bridgehead atoms. The second-order valence-corrected chi connectivity index (χ2v) is 2.85. The number of methoxy groups -OCH3 is 1. The summed E-state index contributed by atoms with van der Waals surface area (Å²) in [5.74, 6) is 0.256. The molecular formula is C8H14N4O2. The van der Waals surface area contributed by atoms with E-state index in [4.69, 9.17) is 10.5 Å². The smallest absolute Gasteiger partial charge is 0.236 e. The van der Waals surface area contributed by atoms with Crippen molar-refractivity contribution in [3.63, 3.8) is 0 Å². The summed E-state index contributed by atoms with van der Waals surface area (Å²) in [5.41, 5.74) is 5.16. The number of hydrogen-bond donors (Lipinski definition) is 2. The van der Waals surface area contributed by atoms with Crippen LogP contribution in [0.5, 0.6) is 5.75 Å². The highest BCUT2D eigenvalue weighted by Crippen LogP contribution is 2.06. The zero-order valence-corrected chi connectivity index (χ0v) is 8.23. The lowest BCUT2D eigenvalue weighted by Gasteiger charge is -2.11. The first-order valence-electron chi connectivity index (χ1n) is 4.20. The standard InChI is InChI=1S/C8H14N4O2/c1-10-7(8(9)13)5-12-4-6(14-2)3-11-12/h3-4,7,10H,5H2,1-2H3,(H2,9,13). The van der Waals surface area contributed by atoms with Crippen LogP contribution in [0, 0.1) is 0 Å². The van der Waals surface area contributed by atoms with E-state index in [0.29, 0.717) is 12.3 Å². The maximum atomic E-state index is 10.9. The van der Waals surface area contributed by atoms with Crippen molar-refractivity contribution in [1.82, 2.24) is 15.1 Å². The third kappa shape index (κ3) is 2.46. The predicted molar refractivity (Wildman–Crippen MR) is 50.8 cm³/mol. The highest BCUT2D eigenvalue weighted by Gasteiger charge is 2.13. The second-order valence-electron chi connectivity index (χ2n) is 2.85. The molecule has 1 aromatic heterocycles. The summed E-state index contributed by atoms with van der Waals surface area (Å²) in [5, 5.41) is 6.80. The molecule has 1 unspecified atom stereocenters. The van der Waals surface area contributed by atoms with E-state index in [2.05, 4.69) is 10.4 Å². The van der Waals surface area contributed by atoms with Crippen LogP contribution in [0.25, 0.3) is 0 Å². The van der Waals surface area contributed by atoms with Gasteiger partial charge in [0.2, 0.25) is 5.91 Å². The van der Waals surface area contributed by atoms with Gasteiger partial charge in [-0.25, -0.2) is 0 Å². The Morgan fingerprint density at radius 3 is 3.00 bits per heavy atom. The van der Waals surface area contributed by atoms with Crippen LogP contribution < -0.4 is 15.8 Å². The van der Waals surface area contributed by atoms with Gasteiger partial charge >= 0.3 is 0 Å². The van der Waals surface area contributed by atoms with Crippen LogP contribution >= 0.6 is 0 Å². The zero-order valence-electron chi connectivity index (χ0n) is 8.23. The van der Waals surface area contributed by atoms with Gasteiger partial charge in [-0.15, -0.1) is 0 Å². The number of carbonyl (C=O) groups excluding carboxylic acids is 1. The number of amides is 1. The molecule has 0 aliphatic carbocycles. The Hall–Kier alpha value is -1.56. The average molecular weight is 198 g/mol. The summed E-state index contributed by atoms with van der Waals surface area (Å²) < 4.78 is 6.55. The SMILES string of the molecule is CNC(Cn1cc(OC)cn1)C(N)=O. The van der Waals surface area contributed by atoms with E-state index < -0.39 is 11.9 Å². The number of aromatic nitrogens is 2. The van der Waals surface area contributed by atoms with Crippen molar-refractivity contribution in [1.29, 1.82) is 0 Å². The quantitative estimate of drug-likeness (QED) is 0.633. The van der Waals surface area contributed by atoms with Crippen LogP contribution in [0.1, 0.15) is 0 Å². The van der Waals surface area contributed by atoms with Gasteiger partial charge in [-0.05, 0) is 7.05 Å². The molecule has 0 aliphatic heterocycles. The van der Waals surface area contributed by atoms with Gasteiger partial charge in [0.15, 0.2) is 5.75 Å². The lowest BCUT2D eigenvalue weighted by Crippen LogP contribution is -2.42. The summed E-state index contributed by atoms with van der Waals surface area (Å²) in [6, 6.07) is -0.417. The average Bonchev–Trinajstić information content (AvgIpc) is 2.61. The molecule has 1 rings (SSSR count). The Morgan fingerprint density at radius 2 is 2.57 bits per heavy atom. The molecule has 0 aromatic carbocycles. The van der Waals surface area contributed by atoms with Gasteiger partial charge in [0, 0.05) is 0 Å². The lowest BCUT2D eigenvalue weighted by atomic mass is 10.3. The maximum Gasteiger partial charge on any atom is 0.236 e. The molecule has 1 amide bonds. The summed E-state index contributed by atoms with van der Waals surface area (Å²) in [6.07, 6.45) is 3.28. The van der Waals surface area contributed by atoms with Crippen molar-refractivity contribution in [2.75, 3.05) is 14.2 Å². The van der Waals surface area contributed by atoms with Crippen LogP contribution in [0.4, 0.5) is 0 Å². The van der Waals surface area contributed by atoms with Crippen LogP contribution in [-0.2, 0) is 11.3 Å². The number of carbonyl (C=O) groups is 1. The van der Waals surface area contributed by atoms with E-state index in [-0.39, 0.29) is 0 Å². The highest BCUT2D eigenvalue weighted by molar-refractivity contribution is 5.79. The van der Waals surface area contributed by atoms with E-state index in [1.165, 1.54) is 0 Å². The molecule has 78 valence electrons. The molecule has 0 fully saturated rings. The van der Waals surface area contributed by atoms with Gasteiger partial charge in [0.25, 0.3) is 0 Å². The Morgan fingerprint density at radius 1 is 1.86 bits per heavy atom.